The summed E-state index contributed by atoms with van der Waals surface area (Å²) in [5.74, 6) is 1.57. The lowest BCUT2D eigenvalue weighted by atomic mass is 10.0. The lowest BCUT2D eigenvalue weighted by molar-refractivity contribution is -0.118. The smallest absolute Gasteiger partial charge is 0.266 e. The van der Waals surface area contributed by atoms with Gasteiger partial charge in [0.2, 0.25) is 12.7 Å². The fourth-order valence-corrected chi connectivity index (χ4v) is 4.87. The molecule has 0 saturated heterocycles. The van der Waals surface area contributed by atoms with Crippen molar-refractivity contribution in [3.8, 4) is 17.2 Å². The van der Waals surface area contributed by atoms with Crippen molar-refractivity contribution in [2.45, 2.75) is 31.5 Å². The highest BCUT2D eigenvalue weighted by atomic mass is 32.2. The van der Waals surface area contributed by atoms with Crippen LogP contribution in [0.15, 0.2) is 76.7 Å². The Morgan fingerprint density at radius 3 is 2.69 bits per heavy atom. The Kier molecular flexibility index (Phi) is 6.46. The monoisotopic (exact) mass is 487 g/mol. The van der Waals surface area contributed by atoms with E-state index in [1.165, 1.54) is 11.8 Å². The van der Waals surface area contributed by atoms with E-state index in [2.05, 4.69) is 19.2 Å². The number of nitrogens with zero attached hydrogens (tertiary/aromatic N) is 2. The third-order valence-corrected chi connectivity index (χ3v) is 6.74. The van der Waals surface area contributed by atoms with Gasteiger partial charge in [0.05, 0.1) is 22.3 Å². The van der Waals surface area contributed by atoms with Crippen molar-refractivity contribution in [2.75, 3.05) is 12.5 Å². The number of fused-ring (bicyclic) bond motifs is 2. The van der Waals surface area contributed by atoms with E-state index in [4.69, 9.17) is 14.5 Å². The van der Waals surface area contributed by atoms with Crippen LogP contribution in [0.5, 0.6) is 11.5 Å². The zero-order valence-electron chi connectivity index (χ0n) is 19.5. The van der Waals surface area contributed by atoms with E-state index in [-0.39, 0.29) is 29.9 Å². The molecule has 5 rings (SSSR count). The third-order valence-electron chi connectivity index (χ3n) is 5.80. The largest absolute Gasteiger partial charge is 0.454 e. The Morgan fingerprint density at radius 1 is 1.06 bits per heavy atom. The number of carbonyl (C=O) groups is 1. The summed E-state index contributed by atoms with van der Waals surface area (Å²) < 4.78 is 12.4. The molecule has 0 atom stereocenters. The summed E-state index contributed by atoms with van der Waals surface area (Å²) in [6, 6.07) is 20.7. The van der Waals surface area contributed by atoms with Crippen LogP contribution in [0.4, 0.5) is 0 Å². The van der Waals surface area contributed by atoms with Gasteiger partial charge in [0.15, 0.2) is 16.7 Å². The van der Waals surface area contributed by atoms with Crippen LogP contribution in [0.1, 0.15) is 30.9 Å². The Hall–Kier alpha value is -3.78. The molecular formula is C27H25N3O4S. The predicted molar refractivity (Wildman–Crippen MR) is 137 cm³/mol. The van der Waals surface area contributed by atoms with Crippen LogP contribution < -0.4 is 20.3 Å². The number of thioether (sulfide) groups is 1. The van der Waals surface area contributed by atoms with Crippen molar-refractivity contribution in [2.24, 2.45) is 0 Å². The molecule has 1 N–H and O–H groups in total. The van der Waals surface area contributed by atoms with Crippen LogP contribution in [-0.2, 0) is 11.3 Å². The van der Waals surface area contributed by atoms with E-state index in [0.29, 0.717) is 34.1 Å². The molecule has 8 heteroatoms. The Morgan fingerprint density at radius 2 is 1.83 bits per heavy atom. The first-order valence-electron chi connectivity index (χ1n) is 11.4. The van der Waals surface area contributed by atoms with Gasteiger partial charge in [0.25, 0.3) is 5.56 Å². The lowest BCUT2D eigenvalue weighted by Gasteiger charge is -2.18. The molecule has 7 nitrogen and oxygen atoms in total. The van der Waals surface area contributed by atoms with Crippen molar-refractivity contribution >= 4 is 28.6 Å². The summed E-state index contributed by atoms with van der Waals surface area (Å²) in [6.07, 6.45) is 0. The van der Waals surface area contributed by atoms with E-state index in [9.17, 15) is 9.59 Å². The predicted octanol–water partition coefficient (Wildman–Crippen LogP) is 4.65. The Bertz CT molecular complexity index is 1460. The van der Waals surface area contributed by atoms with Gasteiger partial charge < -0.3 is 14.8 Å². The van der Waals surface area contributed by atoms with E-state index in [1.807, 2.05) is 60.7 Å². The van der Waals surface area contributed by atoms with Gasteiger partial charge in [-0.25, -0.2) is 4.98 Å². The average Bonchev–Trinajstić information content (AvgIpc) is 3.34. The maximum absolute atomic E-state index is 13.6. The summed E-state index contributed by atoms with van der Waals surface area (Å²) >= 11 is 1.25. The van der Waals surface area contributed by atoms with Gasteiger partial charge in [-0.1, -0.05) is 62.0 Å². The molecular weight excluding hydrogens is 462 g/mol. The third kappa shape index (κ3) is 4.74. The van der Waals surface area contributed by atoms with Gasteiger partial charge in [0.1, 0.15) is 0 Å². The zero-order chi connectivity index (χ0) is 24.4. The second-order valence-electron chi connectivity index (χ2n) is 8.52. The average molecular weight is 488 g/mol. The molecule has 0 unspecified atom stereocenters. The highest BCUT2D eigenvalue weighted by Gasteiger charge is 2.18. The molecule has 0 spiro atoms. The van der Waals surface area contributed by atoms with Gasteiger partial charge in [-0.15, -0.1) is 0 Å². The molecule has 1 amide bonds. The number of ether oxygens (including phenoxy) is 2. The first kappa shape index (κ1) is 23.0. The maximum atomic E-state index is 13.6. The Labute approximate surface area is 207 Å². The van der Waals surface area contributed by atoms with Crippen LogP contribution in [0.2, 0.25) is 0 Å². The molecule has 0 radical (unpaired) electrons. The number of hydrogen-bond donors (Lipinski definition) is 1. The van der Waals surface area contributed by atoms with Gasteiger partial charge in [0, 0.05) is 6.54 Å². The fraction of sp³-hybridized carbons (Fsp3) is 0.222. The van der Waals surface area contributed by atoms with Crippen LogP contribution in [0.25, 0.3) is 16.6 Å². The minimum Gasteiger partial charge on any atom is -0.454 e. The van der Waals surface area contributed by atoms with Crippen molar-refractivity contribution < 1.29 is 14.3 Å². The van der Waals surface area contributed by atoms with E-state index in [1.54, 1.807) is 10.6 Å². The van der Waals surface area contributed by atoms with E-state index in [0.717, 1.165) is 16.8 Å². The molecule has 3 aromatic carbocycles. The van der Waals surface area contributed by atoms with E-state index < -0.39 is 0 Å². The molecule has 0 bridgehead atoms. The number of amides is 1. The summed E-state index contributed by atoms with van der Waals surface area (Å²) in [5, 5.41) is 3.96. The minimum atomic E-state index is -0.154. The summed E-state index contributed by atoms with van der Waals surface area (Å²) in [4.78, 5) is 31.0. The molecule has 0 aliphatic carbocycles. The molecule has 35 heavy (non-hydrogen) atoms. The molecule has 0 saturated carbocycles. The lowest BCUT2D eigenvalue weighted by Crippen LogP contribution is -2.26. The van der Waals surface area contributed by atoms with Gasteiger partial charge >= 0.3 is 0 Å². The highest BCUT2D eigenvalue weighted by Crippen LogP contribution is 2.32. The first-order valence-corrected chi connectivity index (χ1v) is 12.4. The topological polar surface area (TPSA) is 82.5 Å². The number of para-hydroxylation sites is 2. The van der Waals surface area contributed by atoms with Crippen LogP contribution in [0, 0.1) is 0 Å². The highest BCUT2D eigenvalue weighted by molar-refractivity contribution is 7.99. The van der Waals surface area contributed by atoms with Crippen molar-refractivity contribution in [3.05, 3.63) is 88.2 Å². The van der Waals surface area contributed by atoms with Crippen LogP contribution >= 0.6 is 11.8 Å². The second kappa shape index (κ2) is 9.84. The summed E-state index contributed by atoms with van der Waals surface area (Å²) in [6.45, 7) is 4.76. The molecule has 1 aromatic heterocycles. The molecule has 1 aliphatic heterocycles. The first-order chi connectivity index (χ1) is 17.0. The van der Waals surface area contributed by atoms with Crippen LogP contribution in [-0.4, -0.2) is 28.0 Å². The Balaban J connectivity index is 1.40. The number of aromatic nitrogens is 2. The number of hydrogen-bond acceptors (Lipinski definition) is 6. The number of rotatable bonds is 7. The van der Waals surface area contributed by atoms with Crippen molar-refractivity contribution in [3.63, 3.8) is 0 Å². The minimum absolute atomic E-state index is 0.124. The standard InChI is InChI=1S/C27H25N3O4S/c1-17(2)19-7-4-6-10-22(19)30-26(32)20-8-3-5-9-21(20)29-27(30)35-15-25(31)28-14-18-11-12-23-24(13-18)34-16-33-23/h3-13,17H,14-16H2,1-2H3,(H,28,31). The van der Waals surface area contributed by atoms with Crippen molar-refractivity contribution in [1.82, 2.24) is 14.9 Å². The van der Waals surface area contributed by atoms with Crippen LogP contribution in [0.3, 0.4) is 0 Å². The molecule has 4 aromatic rings. The number of carbonyl (C=O) groups excluding carboxylic acids is 1. The van der Waals surface area contributed by atoms with Crippen molar-refractivity contribution in [1.29, 1.82) is 0 Å². The summed E-state index contributed by atoms with van der Waals surface area (Å²) in [5.41, 5.74) is 3.21. The SMILES string of the molecule is CC(C)c1ccccc1-n1c(SCC(=O)NCc2ccc3c(c2)OCO3)nc2ccccc2c1=O. The van der Waals surface area contributed by atoms with Gasteiger partial charge in [-0.05, 0) is 47.4 Å². The maximum Gasteiger partial charge on any atom is 0.266 e. The molecule has 2 heterocycles. The van der Waals surface area contributed by atoms with Gasteiger partial charge in [-0.3, -0.25) is 14.2 Å². The quantitative estimate of drug-likeness (QED) is 0.302. The van der Waals surface area contributed by atoms with E-state index >= 15 is 0 Å². The summed E-state index contributed by atoms with van der Waals surface area (Å²) in [7, 11) is 0. The normalized spacial score (nSPS) is 12.3. The number of benzene rings is 3. The number of nitrogens with one attached hydrogen (secondary N) is 1. The fourth-order valence-electron chi connectivity index (χ4n) is 4.03. The molecule has 1 aliphatic rings. The molecule has 0 fully saturated rings. The second-order valence-corrected chi connectivity index (χ2v) is 9.46. The van der Waals surface area contributed by atoms with Gasteiger partial charge in [-0.2, -0.15) is 0 Å². The molecule has 178 valence electrons. The zero-order valence-corrected chi connectivity index (χ0v) is 20.3.